The number of nitro groups is 4. The molecule has 0 N–H and O–H groups in total. The van der Waals surface area contributed by atoms with E-state index in [4.69, 9.17) is 0 Å². The molecule has 0 saturated heterocycles. The van der Waals surface area contributed by atoms with Crippen LogP contribution in [-0.4, -0.2) is 107 Å². The smallest absolute Gasteiger partial charge is 0.342 e. The highest BCUT2D eigenvalue weighted by Crippen LogP contribution is 2.18. The standard InChI is InChI=1S/C28H40N14O8/c1-21-29-17-25(39(43)44)35(21)13-9-33(10-14-36-22(2)30-18-26(36)40(45)46)7-5-6-8-34(11-15-37-23(3)31-19-27(37)41(47)48)12-16-38-24(4)32-20-28(38)42(49)50/h17-20H,5-16H2,1-4H3. The van der Waals surface area contributed by atoms with E-state index in [1.54, 1.807) is 27.7 Å². The third kappa shape index (κ3) is 9.07. The molecule has 0 radical (unpaired) electrons. The molecule has 0 aliphatic heterocycles. The minimum absolute atomic E-state index is 0.124. The molecule has 0 saturated carbocycles. The van der Waals surface area contributed by atoms with Gasteiger partial charge in [0.25, 0.3) is 0 Å². The van der Waals surface area contributed by atoms with Crippen molar-refractivity contribution >= 4 is 23.3 Å². The third-order valence-electron chi connectivity index (χ3n) is 8.64. The van der Waals surface area contributed by atoms with Crippen molar-refractivity contribution in [3.63, 3.8) is 0 Å². The predicted molar refractivity (Wildman–Crippen MR) is 177 cm³/mol. The van der Waals surface area contributed by atoms with Crippen LogP contribution < -0.4 is 0 Å². The fourth-order valence-electron chi connectivity index (χ4n) is 5.82. The number of rotatable bonds is 21. The van der Waals surface area contributed by atoms with E-state index < -0.39 is 19.7 Å². The second kappa shape index (κ2) is 16.6. The van der Waals surface area contributed by atoms with E-state index >= 15 is 0 Å². The molecule has 4 aromatic heterocycles. The predicted octanol–water partition coefficient (Wildman–Crippen LogP) is 2.82. The molecule has 4 aromatic rings. The van der Waals surface area contributed by atoms with Crippen LogP contribution in [0.1, 0.15) is 36.1 Å². The van der Waals surface area contributed by atoms with Crippen LogP contribution in [0.5, 0.6) is 0 Å². The summed E-state index contributed by atoms with van der Waals surface area (Å²) < 4.78 is 6.09. The number of nitrogens with zero attached hydrogens (tertiary/aromatic N) is 14. The molecule has 4 rings (SSSR count). The molecule has 0 amide bonds. The summed E-state index contributed by atoms with van der Waals surface area (Å²) in [5, 5.41) is 46.2. The van der Waals surface area contributed by atoms with E-state index in [1.165, 1.54) is 43.1 Å². The van der Waals surface area contributed by atoms with E-state index in [1.807, 2.05) is 0 Å². The minimum atomic E-state index is -0.489. The van der Waals surface area contributed by atoms with Crippen LogP contribution in [0.3, 0.4) is 0 Å². The van der Waals surface area contributed by atoms with Crippen molar-refractivity contribution in [2.24, 2.45) is 0 Å². The lowest BCUT2D eigenvalue weighted by molar-refractivity contribution is -0.392. The molecule has 0 atom stereocenters. The minimum Gasteiger partial charge on any atom is -0.358 e. The van der Waals surface area contributed by atoms with Gasteiger partial charge in [0.2, 0.25) is 0 Å². The Bertz CT molecular complexity index is 1570. The Morgan fingerprint density at radius 3 is 0.880 bits per heavy atom. The second-order valence-corrected chi connectivity index (χ2v) is 11.7. The lowest BCUT2D eigenvalue weighted by atomic mass is 10.2. The average Bonchev–Trinajstić information content (AvgIpc) is 3.82. The number of aryl methyl sites for hydroxylation is 4. The maximum absolute atomic E-state index is 11.5. The first-order valence-corrected chi connectivity index (χ1v) is 15.9. The van der Waals surface area contributed by atoms with E-state index in [0.717, 1.165) is 0 Å². The van der Waals surface area contributed by atoms with Crippen LogP contribution in [-0.2, 0) is 26.2 Å². The third-order valence-corrected chi connectivity index (χ3v) is 8.64. The first kappa shape index (κ1) is 37.2. The van der Waals surface area contributed by atoms with Crippen LogP contribution in [0.25, 0.3) is 0 Å². The van der Waals surface area contributed by atoms with Crippen LogP contribution in [0, 0.1) is 68.2 Å². The normalized spacial score (nSPS) is 11.6. The maximum Gasteiger partial charge on any atom is 0.342 e. The molecule has 22 heteroatoms. The van der Waals surface area contributed by atoms with Gasteiger partial charge < -0.3 is 40.5 Å². The fourth-order valence-corrected chi connectivity index (χ4v) is 5.82. The van der Waals surface area contributed by atoms with Crippen molar-refractivity contribution in [2.75, 3.05) is 39.3 Å². The summed E-state index contributed by atoms with van der Waals surface area (Å²) in [7, 11) is 0. The fraction of sp³-hybridized carbons (Fsp3) is 0.571. The lowest BCUT2D eigenvalue weighted by Gasteiger charge is -2.24. The second-order valence-electron chi connectivity index (χ2n) is 11.7. The van der Waals surface area contributed by atoms with Gasteiger partial charge in [0.1, 0.15) is 51.0 Å². The Kier molecular flexibility index (Phi) is 12.4. The number of unbranched alkanes of at least 4 members (excludes halogenated alkanes) is 1. The van der Waals surface area contributed by atoms with Gasteiger partial charge >= 0.3 is 23.3 Å². The number of hydrogen-bond donors (Lipinski definition) is 0. The molecule has 0 spiro atoms. The van der Waals surface area contributed by atoms with Gasteiger partial charge in [-0.15, -0.1) is 0 Å². The number of hydrogen-bond acceptors (Lipinski definition) is 14. The van der Waals surface area contributed by atoms with E-state index in [0.29, 0.717) is 75.4 Å². The largest absolute Gasteiger partial charge is 0.358 e. The zero-order chi connectivity index (χ0) is 36.5. The summed E-state index contributed by atoms with van der Waals surface area (Å²) in [4.78, 5) is 64.7. The number of imidazole rings is 4. The van der Waals surface area contributed by atoms with Gasteiger partial charge in [0, 0.05) is 53.9 Å². The molecule has 0 fully saturated rings. The molecule has 0 bridgehead atoms. The first-order chi connectivity index (χ1) is 23.8. The van der Waals surface area contributed by atoms with Crippen molar-refractivity contribution in [1.29, 1.82) is 0 Å². The number of aromatic nitrogens is 8. The van der Waals surface area contributed by atoms with Gasteiger partial charge in [-0.25, -0.2) is 38.2 Å². The highest BCUT2D eigenvalue weighted by Gasteiger charge is 2.23. The Balaban J connectivity index is 1.45. The molecule has 0 aliphatic rings. The van der Waals surface area contributed by atoms with E-state index in [2.05, 4.69) is 29.7 Å². The molecule has 0 aliphatic carbocycles. The topological polar surface area (TPSA) is 250 Å². The zero-order valence-corrected chi connectivity index (χ0v) is 28.3. The van der Waals surface area contributed by atoms with Crippen LogP contribution in [0.15, 0.2) is 24.8 Å². The van der Waals surface area contributed by atoms with Gasteiger partial charge in [0.05, 0.1) is 0 Å². The van der Waals surface area contributed by atoms with Crippen molar-refractivity contribution in [1.82, 2.24) is 48.0 Å². The summed E-state index contributed by atoms with van der Waals surface area (Å²) in [5.41, 5.74) is 0. The molecule has 50 heavy (non-hydrogen) atoms. The Hall–Kier alpha value is -5.64. The molecular weight excluding hydrogens is 660 g/mol. The highest BCUT2D eigenvalue weighted by atomic mass is 16.6. The maximum atomic E-state index is 11.5. The van der Waals surface area contributed by atoms with Crippen LogP contribution in [0.2, 0.25) is 0 Å². The van der Waals surface area contributed by atoms with Crippen molar-refractivity contribution in [2.45, 2.75) is 66.7 Å². The summed E-state index contributed by atoms with van der Waals surface area (Å²) in [5.74, 6) is 1.49. The summed E-state index contributed by atoms with van der Waals surface area (Å²) in [6, 6.07) is 0. The van der Waals surface area contributed by atoms with Crippen molar-refractivity contribution < 1.29 is 19.7 Å². The first-order valence-electron chi connectivity index (χ1n) is 15.9. The summed E-state index contributed by atoms with van der Waals surface area (Å²) >= 11 is 0. The SMILES string of the molecule is Cc1ncc([N+](=O)[O-])n1CCN(CCCCN(CCn1c([N+](=O)[O-])cnc1C)CCn1c([N+](=O)[O-])cnc1C)CCn1c([N+](=O)[O-])cnc1C. The quantitative estimate of drug-likeness (QED) is 0.0689. The lowest BCUT2D eigenvalue weighted by Crippen LogP contribution is -2.34. The van der Waals surface area contributed by atoms with E-state index in [-0.39, 0.29) is 49.5 Å². The monoisotopic (exact) mass is 700 g/mol. The molecule has 0 unspecified atom stereocenters. The van der Waals surface area contributed by atoms with Crippen molar-refractivity contribution in [3.05, 3.63) is 88.5 Å². The molecule has 270 valence electrons. The van der Waals surface area contributed by atoms with Gasteiger partial charge in [-0.05, 0) is 45.6 Å². The molecular formula is C28H40N14O8. The summed E-state index contributed by atoms with van der Waals surface area (Å²) in [6.45, 7) is 10.7. The van der Waals surface area contributed by atoms with E-state index in [9.17, 15) is 40.5 Å². The highest BCUT2D eigenvalue weighted by molar-refractivity contribution is 5.21. The van der Waals surface area contributed by atoms with Crippen LogP contribution in [0.4, 0.5) is 23.3 Å². The van der Waals surface area contributed by atoms with Gasteiger partial charge in [-0.3, -0.25) is 9.80 Å². The Morgan fingerprint density at radius 1 is 0.460 bits per heavy atom. The molecule has 4 heterocycles. The molecule has 22 nitrogen and oxygen atoms in total. The van der Waals surface area contributed by atoms with Gasteiger partial charge in [-0.2, -0.15) is 0 Å². The average molecular weight is 701 g/mol. The summed E-state index contributed by atoms with van der Waals surface area (Å²) in [6.07, 6.45) is 6.22. The zero-order valence-electron chi connectivity index (χ0n) is 28.3. The van der Waals surface area contributed by atoms with Gasteiger partial charge in [-0.1, -0.05) is 0 Å². The van der Waals surface area contributed by atoms with Gasteiger partial charge in [0.15, 0.2) is 23.3 Å². The molecule has 0 aromatic carbocycles. The Morgan fingerprint density at radius 2 is 0.680 bits per heavy atom. The van der Waals surface area contributed by atoms with Crippen LogP contribution >= 0.6 is 0 Å². The van der Waals surface area contributed by atoms with Crippen molar-refractivity contribution in [3.8, 4) is 0 Å². The Labute approximate surface area is 285 Å².